The number of methoxy groups -OCH3 is 2. The number of carboxylic acid groups (broad SMARTS) is 1. The molecule has 3 atom stereocenters. The normalized spacial score (nSPS) is 24.1. The Kier molecular flexibility index (Phi) is 6.64. The highest BCUT2D eigenvalue weighted by atomic mass is 16.5. The zero-order valence-electron chi connectivity index (χ0n) is 23.2. The van der Waals surface area contributed by atoms with Crippen molar-refractivity contribution in [2.24, 2.45) is 11.3 Å². The largest absolute Gasteiger partial charge is 0.496 e. The maximum Gasteiger partial charge on any atom is 0.358 e. The molecule has 1 saturated heterocycles. The fourth-order valence-electron chi connectivity index (χ4n) is 6.39. The van der Waals surface area contributed by atoms with E-state index in [1.165, 1.54) is 7.11 Å². The number of hydrogen-bond acceptors (Lipinski definition) is 7. The number of allylic oxidation sites excluding steroid dienone is 2. The van der Waals surface area contributed by atoms with Gasteiger partial charge in [-0.05, 0) is 42.2 Å². The molecule has 2 unspecified atom stereocenters. The lowest BCUT2D eigenvalue weighted by Crippen LogP contribution is -2.53. The molecular weight excluding hydrogens is 500 g/mol. The number of aromatic carboxylic acids is 1. The van der Waals surface area contributed by atoms with E-state index in [1.54, 1.807) is 37.3 Å². The highest BCUT2D eigenvalue weighted by molar-refractivity contribution is 6.01. The first-order chi connectivity index (χ1) is 18.5. The summed E-state index contributed by atoms with van der Waals surface area (Å²) in [5.74, 6) is -1.06. The number of piperidine rings is 1. The van der Waals surface area contributed by atoms with Gasteiger partial charge in [0.1, 0.15) is 17.6 Å². The average Bonchev–Trinajstić information content (AvgIpc) is 2.88. The van der Waals surface area contributed by atoms with Gasteiger partial charge in [-0.3, -0.25) is 9.59 Å². The number of likely N-dealkylation sites (tertiary alicyclic amines) is 1. The third-order valence-electron chi connectivity index (χ3n) is 8.22. The van der Waals surface area contributed by atoms with Crippen LogP contribution in [0.1, 0.15) is 60.6 Å². The molecule has 3 aliphatic rings. The van der Waals surface area contributed by atoms with E-state index in [4.69, 9.17) is 14.2 Å². The minimum atomic E-state index is -1.20. The summed E-state index contributed by atoms with van der Waals surface area (Å²) in [5.41, 5.74) is 2.72. The number of carbonyl (C=O) groups is 3. The second-order valence-corrected chi connectivity index (χ2v) is 11.4. The van der Waals surface area contributed by atoms with Crippen LogP contribution in [0, 0.1) is 18.3 Å². The number of benzene rings is 1. The fraction of sp³-hybridized carbons (Fsp3) is 0.467. The Bertz CT molecular complexity index is 1410. The summed E-state index contributed by atoms with van der Waals surface area (Å²) in [4.78, 5) is 45.4. The Morgan fingerprint density at radius 1 is 1.10 bits per heavy atom. The van der Waals surface area contributed by atoms with Crippen LogP contribution in [0.15, 0.2) is 35.6 Å². The van der Waals surface area contributed by atoms with Crippen molar-refractivity contribution < 1.29 is 33.7 Å². The zero-order chi connectivity index (χ0) is 28.2. The molecule has 0 radical (unpaired) electrons. The molecule has 1 fully saturated rings. The third kappa shape index (κ3) is 4.43. The summed E-state index contributed by atoms with van der Waals surface area (Å²) in [6, 6.07) is 6.90. The molecule has 206 valence electrons. The van der Waals surface area contributed by atoms with E-state index in [1.807, 2.05) is 13.0 Å². The van der Waals surface area contributed by atoms with Crippen molar-refractivity contribution in [3.05, 3.63) is 52.4 Å². The SMILES string of the molecule is COc1ccc(-c2ccc(OC)c([C@H]3C4=C(CC(C)(C)CC4=O)OC4CCN(C)C(=O)C43)c2C)nc1C(=O)O. The van der Waals surface area contributed by atoms with Crippen molar-refractivity contribution >= 4 is 17.7 Å². The van der Waals surface area contributed by atoms with E-state index in [2.05, 4.69) is 18.8 Å². The topological polar surface area (TPSA) is 115 Å². The standard InChI is InChI=1S/C30H34N2O7/c1-15-16(17-8-10-21(38-6)27(31-17)29(35)36)7-9-19(37-5)23(15)26-24-18(33)13-30(2,3)14-22(24)39-20-11-12-32(4)28(34)25(20)26/h7-10,20,25-26H,11-14H2,1-6H3,(H,35,36)/t20?,25?,26-/m0/s1. The quantitative estimate of drug-likeness (QED) is 0.601. The molecule has 1 aromatic heterocycles. The summed E-state index contributed by atoms with van der Waals surface area (Å²) in [6.07, 6.45) is 1.28. The molecule has 1 aliphatic carbocycles. The number of aromatic nitrogens is 1. The van der Waals surface area contributed by atoms with Crippen LogP contribution in [0.2, 0.25) is 0 Å². The van der Waals surface area contributed by atoms with Crippen molar-refractivity contribution in [3.63, 3.8) is 0 Å². The minimum absolute atomic E-state index is 0.0201. The number of pyridine rings is 1. The first kappa shape index (κ1) is 26.7. The monoisotopic (exact) mass is 534 g/mol. The number of nitrogens with zero attached hydrogens (tertiary/aromatic N) is 2. The van der Waals surface area contributed by atoms with Crippen LogP contribution >= 0.6 is 0 Å². The molecule has 2 aromatic rings. The number of ether oxygens (including phenoxy) is 3. The van der Waals surface area contributed by atoms with Gasteiger partial charge in [0.05, 0.1) is 25.8 Å². The smallest absolute Gasteiger partial charge is 0.358 e. The van der Waals surface area contributed by atoms with Crippen molar-refractivity contribution in [2.45, 2.75) is 52.1 Å². The van der Waals surface area contributed by atoms with E-state index in [0.717, 1.165) is 11.1 Å². The van der Waals surface area contributed by atoms with Gasteiger partial charge in [0.15, 0.2) is 17.2 Å². The van der Waals surface area contributed by atoms with Crippen LogP contribution in [0.25, 0.3) is 11.3 Å². The predicted octanol–water partition coefficient (Wildman–Crippen LogP) is 4.38. The number of hydrogen-bond donors (Lipinski definition) is 1. The predicted molar refractivity (Wildman–Crippen MR) is 143 cm³/mol. The first-order valence-corrected chi connectivity index (χ1v) is 13.1. The lowest BCUT2D eigenvalue weighted by Gasteiger charge is -2.48. The average molecular weight is 535 g/mol. The Hall–Kier alpha value is -3.88. The van der Waals surface area contributed by atoms with Crippen LogP contribution in [0.4, 0.5) is 0 Å². The van der Waals surface area contributed by atoms with Crippen molar-refractivity contribution in [1.82, 2.24) is 9.88 Å². The molecule has 3 heterocycles. The first-order valence-electron chi connectivity index (χ1n) is 13.1. The third-order valence-corrected chi connectivity index (χ3v) is 8.22. The second kappa shape index (κ2) is 9.70. The Morgan fingerprint density at radius 3 is 2.46 bits per heavy atom. The highest BCUT2D eigenvalue weighted by Crippen LogP contribution is 2.54. The Labute approximate surface area is 227 Å². The number of carbonyl (C=O) groups excluding carboxylic acids is 2. The van der Waals surface area contributed by atoms with Crippen molar-refractivity contribution in [1.29, 1.82) is 0 Å². The van der Waals surface area contributed by atoms with Gasteiger partial charge in [-0.2, -0.15) is 0 Å². The molecule has 5 rings (SSSR count). The molecule has 1 N–H and O–H groups in total. The Balaban J connectivity index is 1.76. The fourth-order valence-corrected chi connectivity index (χ4v) is 6.39. The Morgan fingerprint density at radius 2 is 1.79 bits per heavy atom. The minimum Gasteiger partial charge on any atom is -0.496 e. The van der Waals surface area contributed by atoms with Gasteiger partial charge >= 0.3 is 5.97 Å². The van der Waals surface area contributed by atoms with Crippen LogP contribution in [-0.2, 0) is 14.3 Å². The molecule has 0 saturated carbocycles. The number of carboxylic acids is 1. The number of fused-ring (bicyclic) bond motifs is 1. The van der Waals surface area contributed by atoms with Gasteiger partial charge < -0.3 is 24.2 Å². The number of ketones is 1. The molecule has 0 spiro atoms. The van der Waals surface area contributed by atoms with E-state index >= 15 is 0 Å². The van der Waals surface area contributed by atoms with Gasteiger partial charge in [-0.1, -0.05) is 13.8 Å². The molecule has 9 nitrogen and oxygen atoms in total. The van der Waals surface area contributed by atoms with Gasteiger partial charge in [-0.15, -0.1) is 0 Å². The van der Waals surface area contributed by atoms with Gasteiger partial charge in [0.25, 0.3) is 0 Å². The van der Waals surface area contributed by atoms with Gasteiger partial charge in [0.2, 0.25) is 5.91 Å². The van der Waals surface area contributed by atoms with Crippen LogP contribution < -0.4 is 9.47 Å². The molecule has 0 bridgehead atoms. The summed E-state index contributed by atoms with van der Waals surface area (Å²) in [6.45, 7) is 6.59. The summed E-state index contributed by atoms with van der Waals surface area (Å²) in [7, 11) is 4.74. The van der Waals surface area contributed by atoms with Crippen molar-refractivity contribution in [3.8, 4) is 22.8 Å². The molecule has 9 heteroatoms. The summed E-state index contributed by atoms with van der Waals surface area (Å²) >= 11 is 0. The maximum atomic E-state index is 13.8. The second-order valence-electron chi connectivity index (χ2n) is 11.4. The van der Waals surface area contributed by atoms with E-state index in [-0.39, 0.29) is 34.7 Å². The lowest BCUT2D eigenvalue weighted by molar-refractivity contribution is -0.147. The van der Waals surface area contributed by atoms with Crippen LogP contribution in [0.3, 0.4) is 0 Å². The molecule has 39 heavy (non-hydrogen) atoms. The van der Waals surface area contributed by atoms with Gasteiger partial charge in [-0.25, -0.2) is 9.78 Å². The maximum absolute atomic E-state index is 13.8. The van der Waals surface area contributed by atoms with Gasteiger partial charge in [0, 0.05) is 55.5 Å². The van der Waals surface area contributed by atoms with Crippen molar-refractivity contribution in [2.75, 3.05) is 27.8 Å². The summed E-state index contributed by atoms with van der Waals surface area (Å²) in [5, 5.41) is 9.70. The molecule has 2 aliphatic heterocycles. The van der Waals surface area contributed by atoms with E-state index in [0.29, 0.717) is 54.1 Å². The molecule has 1 aromatic carbocycles. The molecular formula is C30H34N2O7. The summed E-state index contributed by atoms with van der Waals surface area (Å²) < 4.78 is 17.5. The van der Waals surface area contributed by atoms with Crippen LogP contribution in [-0.4, -0.2) is 66.6 Å². The van der Waals surface area contributed by atoms with E-state index in [9.17, 15) is 19.5 Å². The zero-order valence-corrected chi connectivity index (χ0v) is 23.2. The lowest BCUT2D eigenvalue weighted by atomic mass is 9.65. The number of rotatable bonds is 5. The van der Waals surface area contributed by atoms with E-state index < -0.39 is 17.8 Å². The number of Topliss-reactive ketones (excluding diaryl/α,β-unsaturated/α-hetero) is 1. The number of amides is 1. The molecule has 1 amide bonds. The highest BCUT2D eigenvalue weighted by Gasteiger charge is 2.53. The van der Waals surface area contributed by atoms with Crippen LogP contribution in [0.5, 0.6) is 11.5 Å².